The Kier molecular flexibility index (Phi) is 4.60. The van der Waals surface area contributed by atoms with Gasteiger partial charge in [-0.3, -0.25) is 4.79 Å². The maximum absolute atomic E-state index is 13.8. The molecule has 0 radical (unpaired) electrons. The van der Waals surface area contributed by atoms with Gasteiger partial charge in [-0.05, 0) is 25.0 Å². The Morgan fingerprint density at radius 3 is 2.66 bits per heavy atom. The fourth-order valence-electron chi connectivity index (χ4n) is 6.17. The highest BCUT2D eigenvalue weighted by Crippen LogP contribution is 2.60. The summed E-state index contributed by atoms with van der Waals surface area (Å²) in [6.45, 7) is 7.37. The number of carbonyl (C=O) groups excluding carboxylic acids is 3. The van der Waals surface area contributed by atoms with Crippen LogP contribution in [0.2, 0.25) is 0 Å². The molecule has 32 heavy (non-hydrogen) atoms. The molecule has 4 aliphatic rings. The fourth-order valence-corrected chi connectivity index (χ4v) is 6.17. The second kappa shape index (κ2) is 7.04. The van der Waals surface area contributed by atoms with E-state index in [-0.39, 0.29) is 17.1 Å². The summed E-state index contributed by atoms with van der Waals surface area (Å²) < 4.78 is 17.2. The zero-order valence-electron chi connectivity index (χ0n) is 18.1. The summed E-state index contributed by atoms with van der Waals surface area (Å²) in [6, 6.07) is 8.55. The summed E-state index contributed by atoms with van der Waals surface area (Å²) in [4.78, 5) is 39.3. The van der Waals surface area contributed by atoms with Crippen molar-refractivity contribution in [1.82, 2.24) is 0 Å². The highest BCUT2D eigenvalue weighted by atomic mass is 16.6. The minimum atomic E-state index is -1.46. The summed E-state index contributed by atoms with van der Waals surface area (Å²) in [6.07, 6.45) is 0.640. The maximum atomic E-state index is 13.8. The van der Waals surface area contributed by atoms with Crippen LogP contribution in [0.25, 0.3) is 0 Å². The molecule has 1 aromatic carbocycles. The molecule has 6 atom stereocenters. The third-order valence-electron chi connectivity index (χ3n) is 7.99. The van der Waals surface area contributed by atoms with Gasteiger partial charge in [0.1, 0.15) is 17.3 Å². The van der Waals surface area contributed by atoms with Crippen molar-refractivity contribution < 1.29 is 33.7 Å². The largest absolute Gasteiger partial charge is 0.481 e. The number of ketones is 1. The van der Waals surface area contributed by atoms with Crippen LogP contribution in [-0.2, 0) is 23.8 Å². The molecule has 2 aliphatic carbocycles. The lowest BCUT2D eigenvalue weighted by Gasteiger charge is -2.59. The molecule has 0 unspecified atom stereocenters. The van der Waals surface area contributed by atoms with Crippen LogP contribution in [0, 0.1) is 17.3 Å². The van der Waals surface area contributed by atoms with Crippen LogP contribution in [0.3, 0.4) is 0 Å². The molecular weight excluding hydrogens is 412 g/mol. The van der Waals surface area contributed by atoms with E-state index in [1.54, 1.807) is 37.3 Å². The summed E-state index contributed by atoms with van der Waals surface area (Å²) in [5, 5.41) is 12.0. The smallest absolute Gasteiger partial charge is 0.351 e. The third kappa shape index (κ3) is 2.67. The first-order chi connectivity index (χ1) is 15.2. The molecule has 0 spiro atoms. The van der Waals surface area contributed by atoms with Gasteiger partial charge in [0.2, 0.25) is 0 Å². The van der Waals surface area contributed by atoms with E-state index < -0.39 is 52.8 Å². The summed E-state index contributed by atoms with van der Waals surface area (Å²) in [5.74, 6) is -2.74. The number of hydrogen-bond donors (Lipinski definition) is 1. The van der Waals surface area contributed by atoms with Crippen LogP contribution in [0.15, 0.2) is 54.0 Å². The predicted molar refractivity (Wildman–Crippen MR) is 112 cm³/mol. The van der Waals surface area contributed by atoms with Crippen LogP contribution in [0.5, 0.6) is 0 Å². The number of cyclic esters (lactones) is 1. The van der Waals surface area contributed by atoms with Crippen molar-refractivity contribution in [2.24, 2.45) is 17.3 Å². The normalized spacial score (nSPS) is 38.3. The van der Waals surface area contributed by atoms with E-state index in [2.05, 4.69) is 6.58 Å². The van der Waals surface area contributed by atoms with Gasteiger partial charge in [0.15, 0.2) is 23.4 Å². The highest BCUT2D eigenvalue weighted by Gasteiger charge is 2.70. The molecule has 2 aliphatic heterocycles. The van der Waals surface area contributed by atoms with Gasteiger partial charge in [0.25, 0.3) is 0 Å². The molecular formula is C25H26O7. The van der Waals surface area contributed by atoms with E-state index in [4.69, 9.17) is 14.2 Å². The van der Waals surface area contributed by atoms with Crippen LogP contribution in [0.1, 0.15) is 49.9 Å². The average Bonchev–Trinajstić information content (AvgIpc) is 3.03. The van der Waals surface area contributed by atoms with Crippen molar-refractivity contribution >= 4 is 17.7 Å². The van der Waals surface area contributed by atoms with Gasteiger partial charge in [-0.25, -0.2) is 9.59 Å². The second-order valence-electron chi connectivity index (χ2n) is 9.48. The number of rotatable bonds is 2. The maximum Gasteiger partial charge on any atom is 0.351 e. The van der Waals surface area contributed by atoms with E-state index in [9.17, 15) is 19.5 Å². The molecule has 2 heterocycles. The number of fused-ring (bicyclic) bond motifs is 4. The van der Waals surface area contributed by atoms with Crippen LogP contribution in [0.4, 0.5) is 0 Å². The molecule has 7 nitrogen and oxygen atoms in total. The Morgan fingerprint density at radius 2 is 1.94 bits per heavy atom. The Morgan fingerprint density at radius 1 is 1.22 bits per heavy atom. The first kappa shape index (κ1) is 20.9. The minimum absolute atomic E-state index is 0.0106. The van der Waals surface area contributed by atoms with Gasteiger partial charge in [0.05, 0.1) is 5.56 Å². The van der Waals surface area contributed by atoms with Crippen LogP contribution >= 0.6 is 0 Å². The lowest BCUT2D eigenvalue weighted by molar-refractivity contribution is -0.247. The van der Waals surface area contributed by atoms with E-state index in [1.165, 1.54) is 0 Å². The van der Waals surface area contributed by atoms with E-state index in [0.29, 0.717) is 18.4 Å². The fraction of sp³-hybridized carbons (Fsp3) is 0.480. The molecule has 0 aromatic heterocycles. The van der Waals surface area contributed by atoms with Gasteiger partial charge in [-0.1, -0.05) is 51.5 Å². The number of esters is 2. The van der Waals surface area contributed by atoms with Crippen molar-refractivity contribution in [3.63, 3.8) is 0 Å². The number of carbonyl (C=O) groups is 3. The monoisotopic (exact) mass is 438 g/mol. The zero-order chi connectivity index (χ0) is 22.8. The first-order valence-corrected chi connectivity index (χ1v) is 11.0. The standard InChI is InChI=1S/C25H26O7/c1-13-18-21(32-22(27)15-9-5-4-6-10-15)25(29)12-8-7-11-16(25)24(13,3)20(26)17-19(31-18)14(2)30-23(17)28/h4-6,9-10,13,16,18,21,29H,2,7-8,11-12H2,1,3H3/t13-,16+,18+,21-,24-,25+/m1/s1. The number of aliphatic hydroxyl groups is 1. The topological polar surface area (TPSA) is 99.1 Å². The van der Waals surface area contributed by atoms with E-state index >= 15 is 0 Å². The van der Waals surface area contributed by atoms with Crippen LogP contribution < -0.4 is 0 Å². The Labute approximate surface area is 186 Å². The molecule has 0 saturated heterocycles. The van der Waals surface area contributed by atoms with Crippen molar-refractivity contribution in [2.45, 2.75) is 57.3 Å². The van der Waals surface area contributed by atoms with Gasteiger partial charge < -0.3 is 19.3 Å². The molecule has 2 saturated carbocycles. The quantitative estimate of drug-likeness (QED) is 0.560. The SMILES string of the molecule is C=C1OC(=O)C2=C1O[C@@H]1[C@@H](OC(=O)c3ccccc3)[C@]3(O)CCCC[C@H]3[C@](C)(C2=O)[C@@H]1C. The third-order valence-corrected chi connectivity index (χ3v) is 7.99. The molecule has 1 aromatic rings. The molecule has 2 fully saturated rings. The van der Waals surface area contributed by atoms with Gasteiger partial charge in [-0.15, -0.1) is 0 Å². The molecule has 1 N–H and O–H groups in total. The summed E-state index contributed by atoms with van der Waals surface area (Å²) in [7, 11) is 0. The number of Topliss-reactive ketones (excluding diaryl/α,β-unsaturated/α-hetero) is 1. The van der Waals surface area contributed by atoms with Crippen molar-refractivity contribution in [1.29, 1.82) is 0 Å². The van der Waals surface area contributed by atoms with Gasteiger partial charge in [0, 0.05) is 17.3 Å². The number of hydrogen-bond acceptors (Lipinski definition) is 7. The van der Waals surface area contributed by atoms with E-state index in [0.717, 1.165) is 12.8 Å². The lowest BCUT2D eigenvalue weighted by atomic mass is 9.48. The molecule has 5 rings (SSSR count). The second-order valence-corrected chi connectivity index (χ2v) is 9.48. The number of benzene rings is 1. The highest BCUT2D eigenvalue weighted by molar-refractivity contribution is 6.22. The molecule has 2 bridgehead atoms. The van der Waals surface area contributed by atoms with E-state index in [1.807, 2.05) is 6.92 Å². The van der Waals surface area contributed by atoms with Gasteiger partial charge in [-0.2, -0.15) is 0 Å². The lowest BCUT2D eigenvalue weighted by Crippen LogP contribution is -2.70. The van der Waals surface area contributed by atoms with Gasteiger partial charge >= 0.3 is 11.9 Å². The Balaban J connectivity index is 1.64. The number of ether oxygens (including phenoxy) is 3. The van der Waals surface area contributed by atoms with Crippen molar-refractivity contribution in [2.75, 3.05) is 0 Å². The Bertz CT molecular complexity index is 1060. The van der Waals surface area contributed by atoms with Crippen molar-refractivity contribution in [3.8, 4) is 0 Å². The summed E-state index contributed by atoms with van der Waals surface area (Å²) in [5.41, 5.74) is -2.35. The Hall–Kier alpha value is -2.93. The zero-order valence-corrected chi connectivity index (χ0v) is 18.1. The van der Waals surface area contributed by atoms with Crippen molar-refractivity contribution in [3.05, 3.63) is 59.6 Å². The molecule has 168 valence electrons. The average molecular weight is 438 g/mol. The first-order valence-electron chi connectivity index (χ1n) is 11.0. The van der Waals surface area contributed by atoms with Crippen LogP contribution in [-0.4, -0.2) is 40.6 Å². The molecule has 0 amide bonds. The molecule has 7 heteroatoms. The predicted octanol–water partition coefficient (Wildman–Crippen LogP) is 3.08. The summed E-state index contributed by atoms with van der Waals surface area (Å²) >= 11 is 0. The minimum Gasteiger partial charge on any atom is -0.481 e.